The molecule has 1 nitrogen and oxygen atoms in total. The fraction of sp³-hybridized carbons (Fsp3) is 0.143. The van der Waals surface area contributed by atoms with Crippen molar-refractivity contribution in [3.63, 3.8) is 0 Å². The van der Waals surface area contributed by atoms with Crippen LogP contribution in [0.1, 0.15) is 22.8 Å². The lowest BCUT2D eigenvalue weighted by molar-refractivity contribution is 0.220. The van der Waals surface area contributed by atoms with Gasteiger partial charge in [0.15, 0.2) is 0 Å². The Balaban J connectivity index is 2.36. The van der Waals surface area contributed by atoms with Gasteiger partial charge in [0, 0.05) is 3.57 Å². The molecule has 3 heteroatoms. The van der Waals surface area contributed by atoms with E-state index in [1.54, 1.807) is 19.1 Å². The summed E-state index contributed by atoms with van der Waals surface area (Å²) in [5, 5.41) is 10.2. The summed E-state index contributed by atoms with van der Waals surface area (Å²) in [5.74, 6) is -0.247. The summed E-state index contributed by atoms with van der Waals surface area (Å²) in [5.41, 5.74) is 2.08. The van der Waals surface area contributed by atoms with Crippen molar-refractivity contribution in [2.45, 2.75) is 13.0 Å². The van der Waals surface area contributed by atoms with Gasteiger partial charge in [-0.05, 0) is 64.4 Å². The highest BCUT2D eigenvalue weighted by molar-refractivity contribution is 14.1. The highest BCUT2D eigenvalue weighted by Crippen LogP contribution is 2.24. The van der Waals surface area contributed by atoms with E-state index >= 15 is 0 Å². The zero-order chi connectivity index (χ0) is 12.4. The van der Waals surface area contributed by atoms with Crippen LogP contribution in [0.25, 0.3) is 0 Å². The van der Waals surface area contributed by atoms with Gasteiger partial charge in [0.05, 0.1) is 0 Å². The van der Waals surface area contributed by atoms with Crippen LogP contribution in [0.2, 0.25) is 0 Å². The maximum absolute atomic E-state index is 13.1. The van der Waals surface area contributed by atoms with E-state index in [1.165, 1.54) is 6.07 Å². The third-order valence-electron chi connectivity index (χ3n) is 2.66. The standard InChI is InChI=1S/C14H12FIO/c1-9-7-11(5-6-13(9)15)14(17)10-3-2-4-12(16)8-10/h2-8,14,17H,1H3. The molecule has 0 aliphatic heterocycles. The maximum Gasteiger partial charge on any atom is 0.126 e. The van der Waals surface area contributed by atoms with Crippen LogP contribution < -0.4 is 0 Å². The number of benzene rings is 2. The average Bonchev–Trinajstić information content (AvgIpc) is 2.32. The molecular formula is C14H12FIO. The predicted octanol–water partition coefficient (Wildman–Crippen LogP) is 3.82. The Bertz CT molecular complexity index is 539. The summed E-state index contributed by atoms with van der Waals surface area (Å²) in [6.45, 7) is 1.69. The number of hydrogen-bond donors (Lipinski definition) is 1. The second kappa shape index (κ2) is 5.14. The Morgan fingerprint density at radius 1 is 1.12 bits per heavy atom. The molecule has 0 amide bonds. The van der Waals surface area contributed by atoms with Crippen molar-refractivity contribution in [1.82, 2.24) is 0 Å². The fourth-order valence-corrected chi connectivity index (χ4v) is 2.27. The maximum atomic E-state index is 13.1. The number of rotatable bonds is 2. The molecule has 0 bridgehead atoms. The predicted molar refractivity (Wildman–Crippen MR) is 74.4 cm³/mol. The molecule has 17 heavy (non-hydrogen) atoms. The SMILES string of the molecule is Cc1cc(C(O)c2cccc(I)c2)ccc1F. The van der Waals surface area contributed by atoms with Gasteiger partial charge in [0.1, 0.15) is 11.9 Å². The number of hydrogen-bond acceptors (Lipinski definition) is 1. The lowest BCUT2D eigenvalue weighted by Gasteiger charge is -2.12. The molecule has 1 atom stereocenters. The van der Waals surface area contributed by atoms with Crippen molar-refractivity contribution in [3.05, 3.63) is 68.5 Å². The van der Waals surface area contributed by atoms with Crippen LogP contribution in [0.4, 0.5) is 4.39 Å². The molecule has 2 aromatic carbocycles. The average molecular weight is 342 g/mol. The van der Waals surface area contributed by atoms with E-state index in [9.17, 15) is 9.50 Å². The smallest absolute Gasteiger partial charge is 0.126 e. The van der Waals surface area contributed by atoms with E-state index in [1.807, 2.05) is 24.3 Å². The zero-order valence-electron chi connectivity index (χ0n) is 9.32. The number of aliphatic hydroxyl groups excluding tert-OH is 1. The molecule has 0 radical (unpaired) electrons. The topological polar surface area (TPSA) is 20.2 Å². The van der Waals surface area contributed by atoms with Crippen LogP contribution in [-0.2, 0) is 0 Å². The Labute approximate surface area is 113 Å². The van der Waals surface area contributed by atoms with E-state index in [2.05, 4.69) is 22.6 Å². The Morgan fingerprint density at radius 2 is 1.82 bits per heavy atom. The molecule has 0 aliphatic carbocycles. The largest absolute Gasteiger partial charge is 0.384 e. The minimum atomic E-state index is -0.705. The fourth-order valence-electron chi connectivity index (χ4n) is 1.71. The summed E-state index contributed by atoms with van der Waals surface area (Å²) in [7, 11) is 0. The molecule has 2 aromatic rings. The second-order valence-corrected chi connectivity index (χ2v) is 5.21. The van der Waals surface area contributed by atoms with Gasteiger partial charge in [0.25, 0.3) is 0 Å². The lowest BCUT2D eigenvalue weighted by atomic mass is 10.00. The van der Waals surface area contributed by atoms with E-state index in [4.69, 9.17) is 0 Å². The van der Waals surface area contributed by atoms with Gasteiger partial charge < -0.3 is 5.11 Å². The molecule has 0 heterocycles. The monoisotopic (exact) mass is 342 g/mol. The summed E-state index contributed by atoms with van der Waals surface area (Å²) in [6.07, 6.45) is -0.705. The van der Waals surface area contributed by atoms with E-state index < -0.39 is 6.10 Å². The first-order chi connectivity index (χ1) is 8.08. The van der Waals surface area contributed by atoms with Crippen LogP contribution in [0.5, 0.6) is 0 Å². The number of halogens is 2. The molecule has 88 valence electrons. The third-order valence-corrected chi connectivity index (χ3v) is 3.33. The van der Waals surface area contributed by atoms with Gasteiger partial charge >= 0.3 is 0 Å². The minimum Gasteiger partial charge on any atom is -0.384 e. The molecule has 0 spiro atoms. The molecular weight excluding hydrogens is 330 g/mol. The molecule has 0 aromatic heterocycles. The van der Waals surface area contributed by atoms with Crippen molar-refractivity contribution in [1.29, 1.82) is 0 Å². The van der Waals surface area contributed by atoms with E-state index in [-0.39, 0.29) is 5.82 Å². The first-order valence-electron chi connectivity index (χ1n) is 5.27. The van der Waals surface area contributed by atoms with Crippen molar-refractivity contribution in [2.24, 2.45) is 0 Å². The highest BCUT2D eigenvalue weighted by atomic mass is 127. The quantitative estimate of drug-likeness (QED) is 0.823. The zero-order valence-corrected chi connectivity index (χ0v) is 11.5. The van der Waals surface area contributed by atoms with Crippen LogP contribution in [0.3, 0.4) is 0 Å². The number of aliphatic hydroxyl groups is 1. The molecule has 2 rings (SSSR count). The van der Waals surface area contributed by atoms with Gasteiger partial charge in [0.2, 0.25) is 0 Å². The van der Waals surface area contributed by atoms with Crippen LogP contribution in [-0.4, -0.2) is 5.11 Å². The molecule has 0 fully saturated rings. The van der Waals surface area contributed by atoms with Gasteiger partial charge in [-0.2, -0.15) is 0 Å². The highest BCUT2D eigenvalue weighted by Gasteiger charge is 2.11. The third kappa shape index (κ3) is 2.84. The first kappa shape index (κ1) is 12.5. The molecule has 1 unspecified atom stereocenters. The second-order valence-electron chi connectivity index (χ2n) is 3.97. The minimum absolute atomic E-state index is 0.247. The van der Waals surface area contributed by atoms with E-state index in [0.29, 0.717) is 11.1 Å². The molecule has 0 saturated carbocycles. The van der Waals surface area contributed by atoms with Crippen LogP contribution in [0, 0.1) is 16.3 Å². The van der Waals surface area contributed by atoms with Crippen LogP contribution >= 0.6 is 22.6 Å². The van der Waals surface area contributed by atoms with Gasteiger partial charge in [-0.1, -0.05) is 24.3 Å². The van der Waals surface area contributed by atoms with Gasteiger partial charge in [-0.3, -0.25) is 0 Å². The van der Waals surface area contributed by atoms with Crippen molar-refractivity contribution in [3.8, 4) is 0 Å². The Hall–Kier alpha value is -0.940. The Kier molecular flexibility index (Phi) is 3.79. The van der Waals surface area contributed by atoms with Crippen molar-refractivity contribution < 1.29 is 9.50 Å². The summed E-state index contributed by atoms with van der Waals surface area (Å²) >= 11 is 2.20. The molecule has 0 aliphatic rings. The molecule has 1 N–H and O–H groups in total. The Morgan fingerprint density at radius 3 is 2.47 bits per heavy atom. The van der Waals surface area contributed by atoms with Crippen LogP contribution in [0.15, 0.2) is 42.5 Å². The molecule has 0 saturated heterocycles. The van der Waals surface area contributed by atoms with Crippen molar-refractivity contribution in [2.75, 3.05) is 0 Å². The summed E-state index contributed by atoms with van der Waals surface area (Å²) in [4.78, 5) is 0. The van der Waals surface area contributed by atoms with E-state index in [0.717, 1.165) is 9.13 Å². The summed E-state index contributed by atoms with van der Waals surface area (Å²) < 4.78 is 14.2. The lowest BCUT2D eigenvalue weighted by Crippen LogP contribution is -2.01. The van der Waals surface area contributed by atoms with Crippen molar-refractivity contribution >= 4 is 22.6 Å². The normalized spacial score (nSPS) is 12.5. The first-order valence-corrected chi connectivity index (χ1v) is 6.35. The van der Waals surface area contributed by atoms with Gasteiger partial charge in [-0.15, -0.1) is 0 Å². The summed E-state index contributed by atoms with van der Waals surface area (Å²) in [6, 6.07) is 12.3. The van der Waals surface area contributed by atoms with Gasteiger partial charge in [-0.25, -0.2) is 4.39 Å². The number of aryl methyl sites for hydroxylation is 1.